The van der Waals surface area contributed by atoms with Crippen LogP contribution in [0.3, 0.4) is 0 Å². The number of likely N-dealkylation sites (tertiary alicyclic amines) is 1. The molecular weight excluding hydrogens is 188 g/mol. The van der Waals surface area contributed by atoms with Crippen molar-refractivity contribution in [2.24, 2.45) is 5.41 Å². The normalized spacial score (nSPS) is 25.8. The van der Waals surface area contributed by atoms with Crippen molar-refractivity contribution < 1.29 is 5.11 Å². The quantitative estimate of drug-likeness (QED) is 0.735. The molecule has 1 heterocycles. The van der Waals surface area contributed by atoms with Crippen LogP contribution in [-0.2, 0) is 0 Å². The molecule has 2 unspecified atom stereocenters. The van der Waals surface area contributed by atoms with E-state index in [1.165, 1.54) is 13.0 Å². The number of aliphatic hydroxyl groups is 1. The molecule has 0 aromatic rings. The Labute approximate surface area is 93.9 Å². The van der Waals surface area contributed by atoms with Gasteiger partial charge in [0.15, 0.2) is 0 Å². The molecule has 15 heavy (non-hydrogen) atoms. The molecule has 1 aliphatic rings. The zero-order chi connectivity index (χ0) is 11.5. The van der Waals surface area contributed by atoms with Gasteiger partial charge in [-0.2, -0.15) is 0 Å². The van der Waals surface area contributed by atoms with Gasteiger partial charge in [0.25, 0.3) is 0 Å². The van der Waals surface area contributed by atoms with Crippen molar-refractivity contribution in [3.05, 3.63) is 0 Å². The molecule has 2 N–H and O–H groups in total. The topological polar surface area (TPSA) is 35.5 Å². The summed E-state index contributed by atoms with van der Waals surface area (Å²) < 4.78 is 0. The Morgan fingerprint density at radius 1 is 1.47 bits per heavy atom. The van der Waals surface area contributed by atoms with E-state index < -0.39 is 0 Å². The van der Waals surface area contributed by atoms with Crippen molar-refractivity contribution >= 4 is 0 Å². The number of likely N-dealkylation sites (N-methyl/N-ethyl adjacent to an activating group) is 1. The molecule has 3 nitrogen and oxygen atoms in total. The molecule has 1 rings (SSSR count). The Bertz CT molecular complexity index is 189. The second kappa shape index (κ2) is 5.28. The maximum Gasteiger partial charge on any atom is 0.0669 e. The number of hydrogen-bond donors (Lipinski definition) is 2. The minimum absolute atomic E-state index is 0.212. The van der Waals surface area contributed by atoms with Crippen molar-refractivity contribution in [3.8, 4) is 0 Å². The highest BCUT2D eigenvalue weighted by Gasteiger charge is 2.21. The Kier molecular flexibility index (Phi) is 4.56. The molecule has 0 spiro atoms. The zero-order valence-electron chi connectivity index (χ0n) is 10.6. The Morgan fingerprint density at radius 2 is 2.13 bits per heavy atom. The lowest BCUT2D eigenvalue weighted by atomic mass is 9.89. The number of nitrogens with one attached hydrogen (secondary N) is 1. The Hall–Kier alpha value is -0.120. The molecule has 2 atom stereocenters. The lowest BCUT2D eigenvalue weighted by Gasteiger charge is -2.23. The monoisotopic (exact) mass is 214 g/mol. The molecule has 0 aromatic carbocycles. The van der Waals surface area contributed by atoms with Gasteiger partial charge in [-0.25, -0.2) is 0 Å². The van der Waals surface area contributed by atoms with Crippen LogP contribution in [-0.4, -0.2) is 48.8 Å². The van der Waals surface area contributed by atoms with Gasteiger partial charge in [0.05, 0.1) is 6.10 Å². The fourth-order valence-corrected chi connectivity index (χ4v) is 2.18. The highest BCUT2D eigenvalue weighted by atomic mass is 16.3. The van der Waals surface area contributed by atoms with E-state index in [2.05, 4.69) is 38.0 Å². The third kappa shape index (κ3) is 5.50. The first-order valence-corrected chi connectivity index (χ1v) is 5.97. The summed E-state index contributed by atoms with van der Waals surface area (Å²) in [5.41, 5.74) is 0.216. The van der Waals surface area contributed by atoms with Crippen LogP contribution < -0.4 is 5.32 Å². The smallest absolute Gasteiger partial charge is 0.0669 e. The number of hydrogen-bond acceptors (Lipinski definition) is 3. The average molecular weight is 214 g/mol. The van der Waals surface area contributed by atoms with Crippen LogP contribution in [0, 0.1) is 5.41 Å². The van der Waals surface area contributed by atoms with Crippen molar-refractivity contribution in [2.75, 3.05) is 26.7 Å². The number of aliphatic hydroxyl groups excluding tert-OH is 1. The maximum absolute atomic E-state index is 9.83. The minimum atomic E-state index is -0.212. The van der Waals surface area contributed by atoms with Crippen LogP contribution in [0.1, 0.15) is 33.6 Å². The fraction of sp³-hybridized carbons (Fsp3) is 1.00. The molecule has 0 aliphatic carbocycles. The predicted octanol–water partition coefficient (Wildman–Crippen LogP) is 1.08. The molecule has 0 saturated carbocycles. The summed E-state index contributed by atoms with van der Waals surface area (Å²) in [4.78, 5) is 2.33. The third-order valence-corrected chi connectivity index (χ3v) is 2.88. The third-order valence-electron chi connectivity index (χ3n) is 2.88. The van der Waals surface area contributed by atoms with Gasteiger partial charge in [0.1, 0.15) is 0 Å². The summed E-state index contributed by atoms with van der Waals surface area (Å²) in [6.07, 6.45) is 1.86. The van der Waals surface area contributed by atoms with Gasteiger partial charge in [-0.1, -0.05) is 20.8 Å². The van der Waals surface area contributed by atoms with Crippen molar-refractivity contribution in [3.63, 3.8) is 0 Å². The van der Waals surface area contributed by atoms with E-state index in [0.717, 1.165) is 19.5 Å². The van der Waals surface area contributed by atoms with Crippen LogP contribution in [0.25, 0.3) is 0 Å². The predicted molar refractivity (Wildman–Crippen MR) is 64.0 cm³/mol. The van der Waals surface area contributed by atoms with Gasteiger partial charge in [-0.15, -0.1) is 0 Å². The zero-order valence-corrected chi connectivity index (χ0v) is 10.6. The van der Waals surface area contributed by atoms with E-state index >= 15 is 0 Å². The summed E-state index contributed by atoms with van der Waals surface area (Å²) in [5.74, 6) is 0. The standard InChI is InChI=1S/C12H26N2O/c1-12(2,3)7-11(15)8-13-10-5-6-14(4)9-10/h10-11,13,15H,5-9H2,1-4H3. The van der Waals surface area contributed by atoms with Gasteiger partial charge >= 0.3 is 0 Å². The molecule has 1 aliphatic heterocycles. The molecule has 0 amide bonds. The highest BCUT2D eigenvalue weighted by Crippen LogP contribution is 2.20. The highest BCUT2D eigenvalue weighted by molar-refractivity contribution is 4.80. The van der Waals surface area contributed by atoms with Crippen LogP contribution in [0.2, 0.25) is 0 Å². The van der Waals surface area contributed by atoms with Gasteiger partial charge in [0.2, 0.25) is 0 Å². The second-order valence-corrected chi connectivity index (χ2v) is 6.07. The van der Waals surface area contributed by atoms with Gasteiger partial charge in [0, 0.05) is 19.1 Å². The van der Waals surface area contributed by atoms with Crippen LogP contribution in [0.15, 0.2) is 0 Å². The summed E-state index contributed by atoms with van der Waals surface area (Å²) in [7, 11) is 2.15. The fourth-order valence-electron chi connectivity index (χ4n) is 2.18. The maximum atomic E-state index is 9.83. The Morgan fingerprint density at radius 3 is 2.60 bits per heavy atom. The first-order valence-electron chi connectivity index (χ1n) is 5.97. The summed E-state index contributed by atoms with van der Waals surface area (Å²) >= 11 is 0. The molecule has 3 heteroatoms. The summed E-state index contributed by atoms with van der Waals surface area (Å²) in [5, 5.41) is 13.3. The van der Waals surface area contributed by atoms with Crippen LogP contribution in [0.5, 0.6) is 0 Å². The van der Waals surface area contributed by atoms with E-state index in [4.69, 9.17) is 0 Å². The Balaban J connectivity index is 2.14. The van der Waals surface area contributed by atoms with E-state index in [0.29, 0.717) is 6.04 Å². The summed E-state index contributed by atoms with van der Waals surface area (Å²) in [6.45, 7) is 9.52. The van der Waals surface area contributed by atoms with Gasteiger partial charge in [-0.3, -0.25) is 0 Å². The molecule has 1 fully saturated rings. The molecule has 1 saturated heterocycles. The second-order valence-electron chi connectivity index (χ2n) is 6.07. The first-order chi connectivity index (χ1) is 6.87. The molecule has 90 valence electrons. The molecule has 0 aromatic heterocycles. The molecular formula is C12H26N2O. The van der Waals surface area contributed by atoms with Gasteiger partial charge in [-0.05, 0) is 31.8 Å². The van der Waals surface area contributed by atoms with Crippen LogP contribution in [0.4, 0.5) is 0 Å². The van der Waals surface area contributed by atoms with Crippen molar-refractivity contribution in [1.82, 2.24) is 10.2 Å². The van der Waals surface area contributed by atoms with E-state index in [1.54, 1.807) is 0 Å². The lowest BCUT2D eigenvalue weighted by Crippen LogP contribution is -2.38. The number of nitrogens with zero attached hydrogens (tertiary/aromatic N) is 1. The van der Waals surface area contributed by atoms with Gasteiger partial charge < -0.3 is 15.3 Å². The first kappa shape index (κ1) is 12.9. The molecule has 0 radical (unpaired) electrons. The largest absolute Gasteiger partial charge is 0.392 e. The number of rotatable bonds is 4. The van der Waals surface area contributed by atoms with Crippen molar-refractivity contribution in [1.29, 1.82) is 0 Å². The van der Waals surface area contributed by atoms with E-state index in [9.17, 15) is 5.11 Å². The molecule has 0 bridgehead atoms. The van der Waals surface area contributed by atoms with Crippen molar-refractivity contribution in [2.45, 2.75) is 45.8 Å². The van der Waals surface area contributed by atoms with E-state index in [-0.39, 0.29) is 11.5 Å². The van der Waals surface area contributed by atoms with E-state index in [1.807, 2.05) is 0 Å². The summed E-state index contributed by atoms with van der Waals surface area (Å²) in [6, 6.07) is 0.574. The average Bonchev–Trinajstić information content (AvgIpc) is 2.45. The van der Waals surface area contributed by atoms with Crippen LogP contribution >= 0.6 is 0 Å². The minimum Gasteiger partial charge on any atom is -0.392 e. The SMILES string of the molecule is CN1CCC(NCC(O)CC(C)(C)C)C1. The lowest BCUT2D eigenvalue weighted by molar-refractivity contribution is 0.117.